The van der Waals surface area contributed by atoms with Crippen molar-refractivity contribution in [2.45, 2.75) is 33.1 Å². The first-order chi connectivity index (χ1) is 9.47. The minimum absolute atomic E-state index is 0.644. The number of benzene rings is 2. The van der Waals surface area contributed by atoms with E-state index in [0.29, 0.717) is 11.8 Å². The van der Waals surface area contributed by atoms with Crippen molar-refractivity contribution in [3.63, 3.8) is 0 Å². The topological polar surface area (TPSA) is 0 Å². The Labute approximate surface area is 133 Å². The van der Waals surface area contributed by atoms with E-state index in [0.717, 1.165) is 0 Å². The van der Waals surface area contributed by atoms with Crippen molar-refractivity contribution in [1.82, 2.24) is 0 Å². The normalized spacial score (nSPS) is 24.6. The van der Waals surface area contributed by atoms with Gasteiger partial charge in [-0.3, -0.25) is 0 Å². The van der Waals surface area contributed by atoms with Crippen molar-refractivity contribution < 1.29 is 0 Å². The summed E-state index contributed by atoms with van der Waals surface area (Å²) in [5, 5.41) is 2.79. The molecule has 0 saturated carbocycles. The number of rotatable bonds is 1. The van der Waals surface area contributed by atoms with Crippen LogP contribution in [0.2, 0.25) is 14.8 Å². The first-order valence-electron chi connectivity index (χ1n) is 7.39. The quantitative estimate of drug-likeness (QED) is 0.487. The molecule has 2 aromatic carbocycles. The molecule has 0 radical (unpaired) electrons. The molecule has 0 fully saturated rings. The Morgan fingerprint density at radius 2 is 1.50 bits per heavy atom. The molecule has 102 valence electrons. The van der Waals surface area contributed by atoms with Gasteiger partial charge in [-0.05, 0) is 0 Å². The van der Waals surface area contributed by atoms with Gasteiger partial charge in [0.05, 0.1) is 0 Å². The second kappa shape index (κ2) is 4.36. The first kappa shape index (κ1) is 13.4. The molecule has 20 heavy (non-hydrogen) atoms. The zero-order valence-electron chi connectivity index (χ0n) is 12.2. The molecule has 4 rings (SSSR count). The fraction of sp³-hybridized carbons (Fsp3) is 0.333. The van der Waals surface area contributed by atoms with Crippen LogP contribution >= 0.6 is 15.9 Å². The van der Waals surface area contributed by atoms with Gasteiger partial charge in [0.15, 0.2) is 0 Å². The van der Waals surface area contributed by atoms with Crippen molar-refractivity contribution in [3.05, 3.63) is 55.6 Å². The Hall–Kier alpha value is -0.281. The van der Waals surface area contributed by atoms with E-state index in [4.69, 9.17) is 0 Å². The van der Waals surface area contributed by atoms with E-state index in [9.17, 15) is 0 Å². The van der Waals surface area contributed by atoms with Gasteiger partial charge in [-0.15, -0.1) is 0 Å². The van der Waals surface area contributed by atoms with Gasteiger partial charge >= 0.3 is 134 Å². The Balaban J connectivity index is 1.95. The number of hydrogen-bond acceptors (Lipinski definition) is 0. The molecular weight excluding hydrogens is 415 g/mol. The standard InChI is InChI=1S/C15H10Br.3CH3.Sn/c16-15-8-11-7-14(15)13-6-10-4-2-1-3-9(10)5-12(11)13;;;;/h1-6,11,14H,7H2;3*1H3;/t11-,14-;;;;/m1..../s1. The molecule has 2 heteroatoms. The maximum atomic E-state index is 3.96. The molecule has 2 bridgehead atoms. The summed E-state index contributed by atoms with van der Waals surface area (Å²) in [5.74, 6) is 1.36. The van der Waals surface area contributed by atoms with Gasteiger partial charge in [-0.2, -0.15) is 0 Å². The summed E-state index contributed by atoms with van der Waals surface area (Å²) in [7, 11) is 0. The Morgan fingerprint density at radius 3 is 2.05 bits per heavy atom. The second-order valence-electron chi connectivity index (χ2n) is 7.18. The van der Waals surface area contributed by atoms with Crippen molar-refractivity contribution >= 4 is 45.1 Å². The zero-order valence-corrected chi connectivity index (χ0v) is 16.6. The Bertz CT molecular complexity index is 752. The van der Waals surface area contributed by atoms with Gasteiger partial charge in [0.25, 0.3) is 0 Å². The predicted octanol–water partition coefficient (Wildman–Crippen LogP) is 5.95. The van der Waals surface area contributed by atoms with Crippen LogP contribution in [0.4, 0.5) is 0 Å². The molecular formula is C18H19BrSn. The van der Waals surface area contributed by atoms with Gasteiger partial charge in [0.1, 0.15) is 0 Å². The summed E-state index contributed by atoms with van der Waals surface area (Å²) >= 11 is 1.95. The zero-order chi connectivity index (χ0) is 14.1. The van der Waals surface area contributed by atoms with Crippen LogP contribution in [0.1, 0.15) is 29.4 Å². The molecule has 0 saturated heterocycles. The van der Waals surface area contributed by atoms with Gasteiger partial charge in [-0.1, -0.05) is 0 Å². The van der Waals surface area contributed by atoms with E-state index < -0.39 is 18.4 Å². The Morgan fingerprint density at radius 1 is 0.950 bits per heavy atom. The molecule has 0 aliphatic heterocycles. The molecule has 2 aliphatic rings. The molecule has 0 aromatic heterocycles. The van der Waals surface area contributed by atoms with E-state index in [-0.39, 0.29) is 0 Å². The fourth-order valence-corrected chi connectivity index (χ4v) is 15.1. The SMILES string of the molecule is [CH3][Sn]([CH3])([CH3])[C]1=C(Br)[C@@H]2C[C@H]1c1cc3ccccc3cc12. The van der Waals surface area contributed by atoms with Crippen LogP contribution in [-0.4, -0.2) is 18.4 Å². The molecule has 2 aliphatic carbocycles. The molecule has 0 nitrogen and oxygen atoms in total. The molecule has 0 N–H and O–H groups in total. The van der Waals surface area contributed by atoms with E-state index in [1.54, 1.807) is 15.6 Å². The molecule has 0 heterocycles. The number of hydrogen-bond donors (Lipinski definition) is 0. The van der Waals surface area contributed by atoms with Crippen LogP contribution in [0.3, 0.4) is 0 Å². The van der Waals surface area contributed by atoms with Crippen LogP contribution in [0.25, 0.3) is 10.8 Å². The first-order valence-corrected chi connectivity index (χ1v) is 18.2. The fourth-order valence-electron chi connectivity index (χ4n) is 4.12. The number of fused-ring (bicyclic) bond motifs is 6. The second-order valence-corrected chi connectivity index (χ2v) is 22.4. The van der Waals surface area contributed by atoms with Gasteiger partial charge in [0.2, 0.25) is 0 Å². The van der Waals surface area contributed by atoms with Crippen LogP contribution in [0, 0.1) is 0 Å². The third kappa shape index (κ3) is 1.78. The third-order valence-corrected chi connectivity index (χ3v) is 13.3. The summed E-state index contributed by atoms with van der Waals surface area (Å²) in [4.78, 5) is 7.64. The molecule has 2 aromatic rings. The number of allylic oxidation sites excluding steroid dienone is 2. The van der Waals surface area contributed by atoms with Gasteiger partial charge in [0, 0.05) is 0 Å². The summed E-state index contributed by atoms with van der Waals surface area (Å²) in [5.41, 5.74) is 3.21. The van der Waals surface area contributed by atoms with Crippen LogP contribution in [0.15, 0.2) is 44.5 Å². The summed E-state index contributed by atoms with van der Waals surface area (Å²) in [6, 6.07) is 13.7. The third-order valence-electron chi connectivity index (χ3n) is 4.89. The molecule has 0 amide bonds. The van der Waals surface area contributed by atoms with Crippen molar-refractivity contribution in [2.75, 3.05) is 0 Å². The van der Waals surface area contributed by atoms with E-state index in [2.05, 4.69) is 67.1 Å². The van der Waals surface area contributed by atoms with Crippen LogP contribution < -0.4 is 0 Å². The Kier molecular flexibility index (Phi) is 2.92. The predicted molar refractivity (Wildman–Crippen MR) is 93.3 cm³/mol. The molecule has 2 atom stereocenters. The summed E-state index contributed by atoms with van der Waals surface area (Å²) < 4.78 is 3.38. The van der Waals surface area contributed by atoms with E-state index in [1.807, 2.05) is 3.59 Å². The van der Waals surface area contributed by atoms with E-state index >= 15 is 0 Å². The summed E-state index contributed by atoms with van der Waals surface area (Å²) in [6.07, 6.45) is 1.32. The minimum atomic E-state index is -2.01. The molecule has 0 spiro atoms. The van der Waals surface area contributed by atoms with Crippen LogP contribution in [-0.2, 0) is 0 Å². The van der Waals surface area contributed by atoms with Crippen LogP contribution in [0.5, 0.6) is 0 Å². The summed E-state index contributed by atoms with van der Waals surface area (Å²) in [6.45, 7) is 0. The average molecular weight is 434 g/mol. The van der Waals surface area contributed by atoms with Crippen molar-refractivity contribution in [2.24, 2.45) is 0 Å². The maximum absolute atomic E-state index is 3.96. The molecule has 0 unspecified atom stereocenters. The van der Waals surface area contributed by atoms with E-state index in [1.165, 1.54) is 17.2 Å². The van der Waals surface area contributed by atoms with Crippen molar-refractivity contribution in [1.29, 1.82) is 0 Å². The van der Waals surface area contributed by atoms with Gasteiger partial charge in [-0.25, -0.2) is 0 Å². The monoisotopic (exact) mass is 434 g/mol. The average Bonchev–Trinajstić information content (AvgIpc) is 2.90. The van der Waals surface area contributed by atoms with Gasteiger partial charge < -0.3 is 0 Å². The number of halogens is 1. The van der Waals surface area contributed by atoms with Crippen molar-refractivity contribution in [3.8, 4) is 0 Å².